The Balaban J connectivity index is 1.21. The third-order valence-corrected chi connectivity index (χ3v) is 7.13. The number of halogens is 1. The van der Waals surface area contributed by atoms with E-state index in [0.29, 0.717) is 45.4 Å². The van der Waals surface area contributed by atoms with Crippen molar-refractivity contribution < 1.29 is 14.0 Å². The molecule has 0 saturated carbocycles. The molecular formula is C29H30FN3O2. The van der Waals surface area contributed by atoms with Crippen molar-refractivity contribution in [1.29, 1.82) is 0 Å². The predicted molar refractivity (Wildman–Crippen MR) is 134 cm³/mol. The second kappa shape index (κ2) is 10.3. The van der Waals surface area contributed by atoms with Gasteiger partial charge in [0.2, 0.25) is 11.8 Å². The van der Waals surface area contributed by atoms with E-state index in [2.05, 4.69) is 22.3 Å². The molecule has 5 nitrogen and oxygen atoms in total. The summed E-state index contributed by atoms with van der Waals surface area (Å²) in [6.07, 6.45) is 2.00. The van der Waals surface area contributed by atoms with Crippen molar-refractivity contribution in [2.75, 3.05) is 18.0 Å². The average molecular weight is 472 g/mol. The Kier molecular flexibility index (Phi) is 6.80. The summed E-state index contributed by atoms with van der Waals surface area (Å²) in [5.41, 5.74) is 4.26. The summed E-state index contributed by atoms with van der Waals surface area (Å²) >= 11 is 0. The zero-order valence-electron chi connectivity index (χ0n) is 19.7. The van der Waals surface area contributed by atoms with Gasteiger partial charge in [0.15, 0.2) is 0 Å². The lowest BCUT2D eigenvalue weighted by Crippen LogP contribution is -2.50. The van der Waals surface area contributed by atoms with E-state index >= 15 is 0 Å². The first kappa shape index (κ1) is 23.1. The van der Waals surface area contributed by atoms with Crippen molar-refractivity contribution in [3.05, 3.63) is 101 Å². The number of hydrogen-bond acceptors (Lipinski definition) is 3. The minimum Gasteiger partial charge on any atom is -0.355 e. The van der Waals surface area contributed by atoms with Gasteiger partial charge < -0.3 is 15.1 Å². The number of carbonyl (C=O) groups excluding carboxylic acids is 2. The second-order valence-electron chi connectivity index (χ2n) is 9.41. The van der Waals surface area contributed by atoms with Crippen LogP contribution in [-0.2, 0) is 29.1 Å². The maximum absolute atomic E-state index is 13.6. The Morgan fingerprint density at radius 2 is 1.54 bits per heavy atom. The first-order valence-electron chi connectivity index (χ1n) is 12.3. The van der Waals surface area contributed by atoms with Gasteiger partial charge in [-0.25, -0.2) is 4.39 Å². The highest BCUT2D eigenvalue weighted by Gasteiger charge is 2.38. The molecule has 2 aliphatic rings. The van der Waals surface area contributed by atoms with Crippen LogP contribution in [0.5, 0.6) is 0 Å². The quantitative estimate of drug-likeness (QED) is 0.583. The summed E-state index contributed by atoms with van der Waals surface area (Å²) in [7, 11) is 0. The molecule has 6 heteroatoms. The van der Waals surface area contributed by atoms with Crippen LogP contribution in [-0.4, -0.2) is 35.8 Å². The number of likely N-dealkylation sites (tertiary alicyclic amines) is 1. The van der Waals surface area contributed by atoms with E-state index in [1.165, 1.54) is 12.1 Å². The van der Waals surface area contributed by atoms with Crippen LogP contribution >= 0.6 is 0 Å². The Labute approximate surface area is 205 Å². The molecule has 180 valence electrons. The first-order chi connectivity index (χ1) is 17.1. The Hall–Kier alpha value is -3.67. The number of rotatable bonds is 6. The van der Waals surface area contributed by atoms with Crippen LogP contribution in [0.3, 0.4) is 0 Å². The van der Waals surface area contributed by atoms with Gasteiger partial charge in [-0.1, -0.05) is 60.7 Å². The number of para-hydroxylation sites is 1. The van der Waals surface area contributed by atoms with Gasteiger partial charge in [-0.05, 0) is 47.7 Å². The fourth-order valence-corrected chi connectivity index (χ4v) is 5.15. The standard InChI is InChI=1S/C29H30FN3O2/c30-25-12-10-22(11-13-25)20-33-26-9-5-4-8-24(26)18-27(33)29(35)32-16-14-23(15-17-32)28(34)31-19-21-6-2-1-3-7-21/h1-13,23,27H,14-20H2,(H,31,34). The molecule has 2 aliphatic heterocycles. The van der Waals surface area contributed by atoms with Gasteiger partial charge in [0.1, 0.15) is 11.9 Å². The summed E-state index contributed by atoms with van der Waals surface area (Å²) in [6.45, 7) is 2.24. The zero-order chi connectivity index (χ0) is 24.2. The summed E-state index contributed by atoms with van der Waals surface area (Å²) in [6, 6.07) is 24.2. The fourth-order valence-electron chi connectivity index (χ4n) is 5.15. The molecule has 3 aromatic rings. The molecule has 0 aliphatic carbocycles. The SMILES string of the molecule is O=C(NCc1ccccc1)C1CCN(C(=O)C2Cc3ccccc3N2Cc2ccc(F)cc2)CC1. The number of amides is 2. The van der Waals surface area contributed by atoms with Crippen molar-refractivity contribution in [2.24, 2.45) is 5.92 Å². The van der Waals surface area contributed by atoms with Gasteiger partial charge in [0.25, 0.3) is 0 Å². The molecule has 5 rings (SSSR count). The Morgan fingerprint density at radius 3 is 2.29 bits per heavy atom. The molecule has 0 spiro atoms. The molecule has 35 heavy (non-hydrogen) atoms. The number of nitrogens with one attached hydrogen (secondary N) is 1. The number of piperidine rings is 1. The lowest BCUT2D eigenvalue weighted by Gasteiger charge is -2.36. The highest BCUT2D eigenvalue weighted by atomic mass is 19.1. The van der Waals surface area contributed by atoms with Gasteiger partial charge in [0, 0.05) is 44.2 Å². The summed E-state index contributed by atoms with van der Waals surface area (Å²) in [4.78, 5) is 30.4. The number of benzene rings is 3. The number of anilines is 1. The molecule has 1 unspecified atom stereocenters. The van der Waals surface area contributed by atoms with E-state index in [1.807, 2.05) is 47.4 Å². The van der Waals surface area contributed by atoms with Gasteiger partial charge in [-0.2, -0.15) is 0 Å². The molecule has 3 aromatic carbocycles. The lowest BCUT2D eigenvalue weighted by atomic mass is 9.95. The van der Waals surface area contributed by atoms with E-state index in [9.17, 15) is 14.0 Å². The zero-order valence-corrected chi connectivity index (χ0v) is 19.7. The van der Waals surface area contributed by atoms with Crippen LogP contribution < -0.4 is 10.2 Å². The van der Waals surface area contributed by atoms with Crippen molar-refractivity contribution in [3.63, 3.8) is 0 Å². The monoisotopic (exact) mass is 471 g/mol. The predicted octanol–water partition coefficient (Wildman–Crippen LogP) is 4.31. The largest absolute Gasteiger partial charge is 0.355 e. The highest BCUT2D eigenvalue weighted by Crippen LogP contribution is 2.35. The smallest absolute Gasteiger partial charge is 0.245 e. The molecule has 1 saturated heterocycles. The Morgan fingerprint density at radius 1 is 0.857 bits per heavy atom. The number of nitrogens with zero attached hydrogens (tertiary/aromatic N) is 2. The minimum atomic E-state index is -0.291. The molecular weight excluding hydrogens is 441 g/mol. The van der Waals surface area contributed by atoms with Crippen LogP contribution in [0.15, 0.2) is 78.9 Å². The van der Waals surface area contributed by atoms with Crippen LogP contribution in [0.4, 0.5) is 10.1 Å². The number of hydrogen-bond donors (Lipinski definition) is 1. The third kappa shape index (κ3) is 5.21. The average Bonchev–Trinajstić information content (AvgIpc) is 3.27. The maximum Gasteiger partial charge on any atom is 0.245 e. The molecule has 2 amide bonds. The maximum atomic E-state index is 13.6. The van der Waals surface area contributed by atoms with Crippen LogP contribution in [0, 0.1) is 11.7 Å². The summed E-state index contributed by atoms with van der Waals surface area (Å²) in [5.74, 6) is -0.170. The summed E-state index contributed by atoms with van der Waals surface area (Å²) < 4.78 is 13.4. The van der Waals surface area contributed by atoms with E-state index < -0.39 is 0 Å². The number of fused-ring (bicyclic) bond motifs is 1. The van der Waals surface area contributed by atoms with Crippen LogP contribution in [0.25, 0.3) is 0 Å². The van der Waals surface area contributed by atoms with E-state index in [-0.39, 0.29) is 29.6 Å². The van der Waals surface area contributed by atoms with Crippen molar-refractivity contribution in [1.82, 2.24) is 10.2 Å². The van der Waals surface area contributed by atoms with Gasteiger partial charge >= 0.3 is 0 Å². The van der Waals surface area contributed by atoms with E-state index in [1.54, 1.807) is 12.1 Å². The molecule has 0 radical (unpaired) electrons. The second-order valence-corrected chi connectivity index (χ2v) is 9.41. The Bertz CT molecular complexity index is 1170. The van der Waals surface area contributed by atoms with Crippen LogP contribution in [0.1, 0.15) is 29.5 Å². The van der Waals surface area contributed by atoms with Gasteiger partial charge in [0.05, 0.1) is 0 Å². The van der Waals surface area contributed by atoms with Crippen molar-refractivity contribution in [2.45, 2.75) is 38.4 Å². The van der Waals surface area contributed by atoms with E-state index in [0.717, 1.165) is 22.4 Å². The fraction of sp³-hybridized carbons (Fsp3) is 0.310. The molecule has 1 atom stereocenters. The normalized spacial score (nSPS) is 17.8. The van der Waals surface area contributed by atoms with Gasteiger partial charge in [-0.15, -0.1) is 0 Å². The third-order valence-electron chi connectivity index (χ3n) is 7.13. The topological polar surface area (TPSA) is 52.7 Å². The van der Waals surface area contributed by atoms with Crippen LogP contribution in [0.2, 0.25) is 0 Å². The molecule has 0 aromatic heterocycles. The van der Waals surface area contributed by atoms with Crippen molar-refractivity contribution in [3.8, 4) is 0 Å². The molecule has 0 bridgehead atoms. The first-order valence-corrected chi connectivity index (χ1v) is 12.3. The molecule has 1 N–H and O–H groups in total. The van der Waals surface area contributed by atoms with Crippen molar-refractivity contribution >= 4 is 17.5 Å². The number of carbonyl (C=O) groups is 2. The highest BCUT2D eigenvalue weighted by molar-refractivity contribution is 5.88. The van der Waals surface area contributed by atoms with E-state index in [4.69, 9.17) is 0 Å². The lowest BCUT2D eigenvalue weighted by molar-refractivity contribution is -0.136. The summed E-state index contributed by atoms with van der Waals surface area (Å²) in [5, 5.41) is 3.04. The van der Waals surface area contributed by atoms with Gasteiger partial charge in [-0.3, -0.25) is 9.59 Å². The molecule has 2 heterocycles. The molecule has 1 fully saturated rings. The minimum absolute atomic E-state index is 0.0622.